The Balaban J connectivity index is 1.86. The second kappa shape index (κ2) is 3.69. The first-order chi connectivity index (χ1) is 7.93. The Morgan fingerprint density at radius 2 is 2.31 bits per heavy atom. The number of H-pyrrole nitrogens is 1. The molecule has 0 aliphatic carbocycles. The van der Waals surface area contributed by atoms with Crippen molar-refractivity contribution in [1.82, 2.24) is 15.0 Å². The summed E-state index contributed by atoms with van der Waals surface area (Å²) >= 11 is 0. The molecule has 0 aromatic carbocycles. The maximum atomic E-state index is 5.24. The number of nitrogens with one attached hydrogen (secondary N) is 2. The Hall–Kier alpha value is -2.30. The van der Waals surface area contributed by atoms with Gasteiger partial charge in [-0.1, -0.05) is 0 Å². The minimum absolute atomic E-state index is 0.638. The SMILES string of the molecule is c1coc(CNc2ccnc3[nH]cnc23)c1. The van der Waals surface area contributed by atoms with Crippen LogP contribution in [0.15, 0.2) is 41.4 Å². The van der Waals surface area contributed by atoms with Gasteiger partial charge < -0.3 is 14.7 Å². The van der Waals surface area contributed by atoms with E-state index in [1.165, 1.54) is 0 Å². The smallest absolute Gasteiger partial charge is 0.159 e. The summed E-state index contributed by atoms with van der Waals surface area (Å²) in [7, 11) is 0. The quantitative estimate of drug-likeness (QED) is 0.701. The number of anilines is 1. The van der Waals surface area contributed by atoms with Gasteiger partial charge in [-0.3, -0.25) is 0 Å². The highest BCUT2D eigenvalue weighted by molar-refractivity contribution is 5.84. The molecule has 3 rings (SSSR count). The summed E-state index contributed by atoms with van der Waals surface area (Å²) in [4.78, 5) is 11.3. The highest BCUT2D eigenvalue weighted by atomic mass is 16.3. The average molecular weight is 214 g/mol. The van der Waals surface area contributed by atoms with Crippen LogP contribution in [0, 0.1) is 0 Å². The molecule has 5 nitrogen and oxygen atoms in total. The Labute approximate surface area is 91.5 Å². The minimum Gasteiger partial charge on any atom is -0.467 e. The summed E-state index contributed by atoms with van der Waals surface area (Å²) < 4.78 is 5.24. The number of aromatic amines is 1. The number of hydrogen-bond acceptors (Lipinski definition) is 4. The summed E-state index contributed by atoms with van der Waals surface area (Å²) in [6.07, 6.45) is 5.04. The monoisotopic (exact) mass is 214 g/mol. The standard InChI is InChI=1S/C11H10N4O/c1-2-8(16-5-1)6-13-9-3-4-12-11-10(9)14-7-15-11/h1-5,7H,6H2,(H2,12,13,14,15). The maximum absolute atomic E-state index is 5.24. The van der Waals surface area contributed by atoms with Crippen LogP contribution in [0.3, 0.4) is 0 Å². The first-order valence-electron chi connectivity index (χ1n) is 4.98. The molecule has 0 aliphatic rings. The third kappa shape index (κ3) is 1.52. The molecule has 80 valence electrons. The Morgan fingerprint density at radius 1 is 1.31 bits per heavy atom. The van der Waals surface area contributed by atoms with E-state index in [2.05, 4.69) is 20.3 Å². The molecule has 0 amide bonds. The van der Waals surface area contributed by atoms with Gasteiger partial charge in [0.1, 0.15) is 11.3 Å². The molecule has 3 aromatic rings. The van der Waals surface area contributed by atoms with Crippen molar-refractivity contribution in [3.63, 3.8) is 0 Å². The Kier molecular flexibility index (Phi) is 2.07. The van der Waals surface area contributed by atoms with Crippen LogP contribution in [0.5, 0.6) is 0 Å². The van der Waals surface area contributed by atoms with Crippen molar-refractivity contribution in [1.29, 1.82) is 0 Å². The zero-order chi connectivity index (χ0) is 10.8. The van der Waals surface area contributed by atoms with Gasteiger partial charge in [-0.2, -0.15) is 0 Å². The molecule has 2 N–H and O–H groups in total. The van der Waals surface area contributed by atoms with Crippen LogP contribution >= 0.6 is 0 Å². The van der Waals surface area contributed by atoms with Gasteiger partial charge in [-0.05, 0) is 18.2 Å². The first-order valence-corrected chi connectivity index (χ1v) is 4.98. The zero-order valence-corrected chi connectivity index (χ0v) is 8.47. The van der Waals surface area contributed by atoms with Crippen LogP contribution in [-0.2, 0) is 6.54 Å². The molecule has 3 heterocycles. The van der Waals surface area contributed by atoms with Gasteiger partial charge in [-0.25, -0.2) is 9.97 Å². The van der Waals surface area contributed by atoms with Crippen molar-refractivity contribution < 1.29 is 4.42 Å². The van der Waals surface area contributed by atoms with Crippen molar-refractivity contribution in [2.24, 2.45) is 0 Å². The van der Waals surface area contributed by atoms with Gasteiger partial charge in [-0.15, -0.1) is 0 Å². The third-order valence-corrected chi connectivity index (χ3v) is 2.35. The lowest BCUT2D eigenvalue weighted by Crippen LogP contribution is -1.99. The fourth-order valence-corrected chi connectivity index (χ4v) is 1.59. The maximum Gasteiger partial charge on any atom is 0.159 e. The van der Waals surface area contributed by atoms with Crippen LogP contribution in [0.25, 0.3) is 11.2 Å². The highest BCUT2D eigenvalue weighted by Gasteiger charge is 2.04. The summed E-state index contributed by atoms with van der Waals surface area (Å²) in [6.45, 7) is 0.638. The summed E-state index contributed by atoms with van der Waals surface area (Å²) in [5.74, 6) is 0.889. The normalized spacial score (nSPS) is 10.8. The van der Waals surface area contributed by atoms with Gasteiger partial charge in [0, 0.05) is 6.20 Å². The number of furan rings is 1. The minimum atomic E-state index is 0.638. The molecule has 0 aliphatic heterocycles. The fraction of sp³-hybridized carbons (Fsp3) is 0.0909. The van der Waals surface area contributed by atoms with Gasteiger partial charge in [0.15, 0.2) is 5.65 Å². The van der Waals surface area contributed by atoms with Crippen LogP contribution in [0.2, 0.25) is 0 Å². The molecule has 0 atom stereocenters. The number of fused-ring (bicyclic) bond motifs is 1. The summed E-state index contributed by atoms with van der Waals surface area (Å²) in [5.41, 5.74) is 2.57. The average Bonchev–Trinajstić information content (AvgIpc) is 2.97. The van der Waals surface area contributed by atoms with Crippen molar-refractivity contribution in [3.8, 4) is 0 Å². The molecule has 0 saturated carbocycles. The third-order valence-electron chi connectivity index (χ3n) is 2.35. The van der Waals surface area contributed by atoms with Crippen molar-refractivity contribution >= 4 is 16.9 Å². The van der Waals surface area contributed by atoms with Crippen molar-refractivity contribution in [3.05, 3.63) is 42.7 Å². The second-order valence-corrected chi connectivity index (χ2v) is 3.39. The van der Waals surface area contributed by atoms with Gasteiger partial charge >= 0.3 is 0 Å². The number of nitrogens with zero attached hydrogens (tertiary/aromatic N) is 2. The predicted molar refractivity (Wildman–Crippen MR) is 59.9 cm³/mol. The Bertz CT molecular complexity index is 585. The van der Waals surface area contributed by atoms with Gasteiger partial charge in [0.2, 0.25) is 0 Å². The number of imidazole rings is 1. The lowest BCUT2D eigenvalue weighted by Gasteiger charge is -2.04. The fourth-order valence-electron chi connectivity index (χ4n) is 1.59. The number of rotatable bonds is 3. The molecule has 3 aromatic heterocycles. The van der Waals surface area contributed by atoms with Gasteiger partial charge in [0.05, 0.1) is 24.8 Å². The largest absolute Gasteiger partial charge is 0.467 e. The zero-order valence-electron chi connectivity index (χ0n) is 8.47. The van der Waals surface area contributed by atoms with Gasteiger partial charge in [0.25, 0.3) is 0 Å². The van der Waals surface area contributed by atoms with E-state index < -0.39 is 0 Å². The molecular formula is C11H10N4O. The lowest BCUT2D eigenvalue weighted by atomic mass is 10.3. The van der Waals surface area contributed by atoms with Crippen LogP contribution in [0.4, 0.5) is 5.69 Å². The molecule has 0 radical (unpaired) electrons. The van der Waals surface area contributed by atoms with Crippen LogP contribution in [-0.4, -0.2) is 15.0 Å². The Morgan fingerprint density at radius 3 is 3.19 bits per heavy atom. The second-order valence-electron chi connectivity index (χ2n) is 3.39. The first kappa shape index (κ1) is 8.96. The van der Waals surface area contributed by atoms with Crippen LogP contribution in [0.1, 0.15) is 5.76 Å². The lowest BCUT2D eigenvalue weighted by molar-refractivity contribution is 0.518. The van der Waals surface area contributed by atoms with E-state index in [1.54, 1.807) is 18.8 Å². The van der Waals surface area contributed by atoms with E-state index in [0.29, 0.717) is 6.54 Å². The molecule has 0 saturated heterocycles. The molecule has 0 spiro atoms. The molecule has 0 unspecified atom stereocenters. The number of pyridine rings is 1. The molecule has 16 heavy (non-hydrogen) atoms. The van der Waals surface area contributed by atoms with E-state index >= 15 is 0 Å². The topological polar surface area (TPSA) is 66.7 Å². The summed E-state index contributed by atoms with van der Waals surface area (Å²) in [6, 6.07) is 5.69. The van der Waals surface area contributed by atoms with E-state index in [0.717, 1.165) is 22.6 Å². The van der Waals surface area contributed by atoms with Crippen LogP contribution < -0.4 is 5.32 Å². The number of aromatic nitrogens is 3. The van der Waals surface area contributed by atoms with Crippen molar-refractivity contribution in [2.45, 2.75) is 6.54 Å². The van der Waals surface area contributed by atoms with E-state index in [9.17, 15) is 0 Å². The number of hydrogen-bond donors (Lipinski definition) is 2. The predicted octanol–water partition coefficient (Wildman–Crippen LogP) is 2.16. The van der Waals surface area contributed by atoms with E-state index in [1.807, 2.05) is 18.2 Å². The van der Waals surface area contributed by atoms with E-state index in [4.69, 9.17) is 4.42 Å². The molecule has 0 fully saturated rings. The van der Waals surface area contributed by atoms with Crippen molar-refractivity contribution in [2.75, 3.05) is 5.32 Å². The molecule has 0 bridgehead atoms. The highest BCUT2D eigenvalue weighted by Crippen LogP contribution is 2.18. The molecule has 5 heteroatoms. The summed E-state index contributed by atoms with van der Waals surface area (Å²) in [5, 5.41) is 3.26. The van der Waals surface area contributed by atoms with E-state index in [-0.39, 0.29) is 0 Å². The molecular weight excluding hydrogens is 204 g/mol.